The van der Waals surface area contributed by atoms with Crippen LogP contribution >= 0.6 is 11.8 Å². The maximum atomic E-state index is 11.3. The van der Waals surface area contributed by atoms with Crippen molar-refractivity contribution >= 4 is 29.6 Å². The quantitative estimate of drug-likeness (QED) is 0.517. The van der Waals surface area contributed by atoms with E-state index in [-0.39, 0.29) is 16.4 Å². The number of rotatable bonds is 3. The van der Waals surface area contributed by atoms with E-state index < -0.39 is 30.4 Å². The lowest BCUT2D eigenvalue weighted by Gasteiger charge is -2.17. The van der Waals surface area contributed by atoms with Gasteiger partial charge in [0.2, 0.25) is 0 Å². The molecule has 0 saturated heterocycles. The number of amides is 1. The lowest BCUT2D eigenvalue weighted by Crippen LogP contribution is -2.30. The average Bonchev–Trinajstić information content (AvgIpc) is 2.76. The van der Waals surface area contributed by atoms with E-state index in [1.807, 2.05) is 5.32 Å². The van der Waals surface area contributed by atoms with Crippen LogP contribution in [-0.2, 0) is 19.1 Å². The summed E-state index contributed by atoms with van der Waals surface area (Å²) >= 11 is 0.856. The highest BCUT2D eigenvalue weighted by Gasteiger charge is 2.39. The monoisotopic (exact) mass is 299 g/mol. The van der Waals surface area contributed by atoms with Crippen molar-refractivity contribution in [1.29, 1.82) is 0 Å². The molecule has 2 rings (SSSR count). The molecule has 0 fully saturated rings. The van der Waals surface area contributed by atoms with Crippen LogP contribution in [0.5, 0.6) is 0 Å². The Morgan fingerprint density at radius 2 is 2.05 bits per heavy atom. The minimum absolute atomic E-state index is 0.0917. The number of thioether (sulfide) groups is 1. The van der Waals surface area contributed by atoms with Crippen molar-refractivity contribution in [3.63, 3.8) is 0 Å². The summed E-state index contributed by atoms with van der Waals surface area (Å²) in [5.74, 6) is -4.86. The van der Waals surface area contributed by atoms with Crippen molar-refractivity contribution in [2.24, 2.45) is 5.92 Å². The van der Waals surface area contributed by atoms with Crippen molar-refractivity contribution < 1.29 is 34.4 Å². The molecule has 2 heterocycles. The van der Waals surface area contributed by atoms with E-state index in [9.17, 15) is 19.5 Å². The van der Waals surface area contributed by atoms with Gasteiger partial charge in [-0.05, 0) is 6.08 Å². The summed E-state index contributed by atoms with van der Waals surface area (Å²) < 4.78 is 5.05. The van der Waals surface area contributed by atoms with E-state index >= 15 is 0 Å². The van der Waals surface area contributed by atoms with Gasteiger partial charge in [0.15, 0.2) is 0 Å². The second-order valence-electron chi connectivity index (χ2n) is 3.78. The van der Waals surface area contributed by atoms with Crippen LogP contribution in [0.15, 0.2) is 33.6 Å². The molecule has 2 aliphatic rings. The summed E-state index contributed by atoms with van der Waals surface area (Å²) in [5, 5.41) is 28.8. The number of hydrogen-bond donors (Lipinski definition) is 4. The third-order valence-electron chi connectivity index (χ3n) is 2.60. The number of fused-ring (bicyclic) bond motifs is 1. The number of carboxylic acid groups (broad SMARTS) is 2. The first-order valence-electron chi connectivity index (χ1n) is 5.32. The zero-order valence-corrected chi connectivity index (χ0v) is 10.6. The zero-order chi connectivity index (χ0) is 14.9. The van der Waals surface area contributed by atoms with Crippen LogP contribution in [0.25, 0.3) is 0 Å². The molecule has 106 valence electrons. The maximum Gasteiger partial charge on any atom is 0.394 e. The third-order valence-corrected chi connectivity index (χ3v) is 3.83. The van der Waals surface area contributed by atoms with Gasteiger partial charge in [-0.2, -0.15) is 0 Å². The maximum absolute atomic E-state index is 11.3. The molecule has 8 nitrogen and oxygen atoms in total. The minimum Gasteiger partial charge on any atom is -0.478 e. The van der Waals surface area contributed by atoms with Crippen molar-refractivity contribution in [2.75, 3.05) is 6.61 Å². The molecule has 4 N–H and O–H groups in total. The number of allylic oxidation sites excluding steroid dienone is 2. The number of aliphatic carboxylic acids is 2. The van der Waals surface area contributed by atoms with Crippen molar-refractivity contribution in [1.82, 2.24) is 5.32 Å². The largest absolute Gasteiger partial charge is 0.478 e. The molecule has 20 heavy (non-hydrogen) atoms. The van der Waals surface area contributed by atoms with Gasteiger partial charge in [-0.25, -0.2) is 9.59 Å². The Labute approximate surface area is 116 Å². The number of nitrogens with one attached hydrogen (secondary N) is 1. The Bertz CT molecular complexity index is 590. The predicted octanol–water partition coefficient (Wildman–Crippen LogP) is -0.406. The van der Waals surface area contributed by atoms with Crippen molar-refractivity contribution in [3.05, 3.63) is 33.6 Å². The van der Waals surface area contributed by atoms with Crippen molar-refractivity contribution in [2.45, 2.75) is 0 Å². The fraction of sp³-hybridized carbons (Fsp3) is 0.182. The van der Waals surface area contributed by atoms with Gasteiger partial charge in [-0.1, -0.05) is 11.8 Å². The number of aliphatic hydroxyl groups is 1. The molecule has 0 aromatic carbocycles. The molecular weight excluding hydrogens is 290 g/mol. The molecule has 0 radical (unpaired) electrons. The molecule has 0 spiro atoms. The molecule has 0 aromatic rings. The van der Waals surface area contributed by atoms with Crippen LogP contribution < -0.4 is 5.32 Å². The van der Waals surface area contributed by atoms with E-state index in [1.54, 1.807) is 0 Å². The SMILES string of the molecule is O=C(O)C(=O)NC1=C(C(=O)O)C2C=COC(CO)=C2S1. The van der Waals surface area contributed by atoms with Gasteiger partial charge in [0, 0.05) is 10.8 Å². The number of carboxylic acids is 2. The molecule has 2 aliphatic heterocycles. The van der Waals surface area contributed by atoms with Gasteiger partial charge >= 0.3 is 17.8 Å². The smallest absolute Gasteiger partial charge is 0.394 e. The van der Waals surface area contributed by atoms with Gasteiger partial charge < -0.3 is 25.4 Å². The second-order valence-corrected chi connectivity index (χ2v) is 4.83. The fourth-order valence-corrected chi connectivity index (χ4v) is 3.01. The summed E-state index contributed by atoms with van der Waals surface area (Å²) in [6.07, 6.45) is 2.69. The van der Waals surface area contributed by atoms with Gasteiger partial charge in [-0.3, -0.25) is 4.79 Å². The van der Waals surface area contributed by atoms with Gasteiger partial charge in [0.05, 0.1) is 16.9 Å². The Kier molecular flexibility index (Phi) is 3.81. The van der Waals surface area contributed by atoms with E-state index in [0.29, 0.717) is 4.91 Å². The highest BCUT2D eigenvalue weighted by molar-refractivity contribution is 8.07. The standard InChI is InChI=1S/C11H9NO7S/c13-3-5-7-4(1-2-19-5)6(10(15)16)9(20-7)12-8(14)11(17)18/h1-2,4,13H,3H2,(H,12,14)(H,15,16)(H,17,18). The Morgan fingerprint density at radius 3 is 2.60 bits per heavy atom. The summed E-state index contributed by atoms with van der Waals surface area (Å²) in [4.78, 5) is 33.4. The van der Waals surface area contributed by atoms with Crippen LogP contribution in [0.2, 0.25) is 0 Å². The Morgan fingerprint density at radius 1 is 1.35 bits per heavy atom. The molecule has 1 unspecified atom stereocenters. The molecule has 0 aliphatic carbocycles. The first-order valence-corrected chi connectivity index (χ1v) is 6.14. The third kappa shape index (κ3) is 2.40. The lowest BCUT2D eigenvalue weighted by atomic mass is 9.98. The molecule has 0 bridgehead atoms. The number of carbonyl (C=O) groups is 3. The van der Waals surface area contributed by atoms with Crippen molar-refractivity contribution in [3.8, 4) is 0 Å². The second kappa shape index (κ2) is 5.39. The lowest BCUT2D eigenvalue weighted by molar-refractivity contribution is -0.149. The fourth-order valence-electron chi connectivity index (χ4n) is 1.77. The first kappa shape index (κ1) is 14.2. The first-order chi connectivity index (χ1) is 9.45. The normalized spacial score (nSPS) is 20.6. The number of hydrogen-bond acceptors (Lipinski definition) is 6. The zero-order valence-electron chi connectivity index (χ0n) is 9.82. The highest BCUT2D eigenvalue weighted by atomic mass is 32.2. The van der Waals surface area contributed by atoms with E-state index in [4.69, 9.17) is 14.9 Å². The summed E-state index contributed by atoms with van der Waals surface area (Å²) in [6, 6.07) is 0. The molecule has 1 amide bonds. The molecular formula is C11H9NO7S. The van der Waals surface area contributed by atoms with E-state index in [0.717, 1.165) is 11.8 Å². The number of aliphatic hydroxyl groups excluding tert-OH is 1. The highest BCUT2D eigenvalue weighted by Crippen LogP contribution is 2.48. The van der Waals surface area contributed by atoms with Crippen LogP contribution in [0.1, 0.15) is 0 Å². The number of carbonyl (C=O) groups excluding carboxylic acids is 1. The Hall–Kier alpha value is -2.26. The summed E-state index contributed by atoms with van der Waals surface area (Å²) in [6.45, 7) is -0.434. The molecule has 0 aromatic heterocycles. The topological polar surface area (TPSA) is 133 Å². The van der Waals surface area contributed by atoms with Gasteiger partial charge in [0.25, 0.3) is 0 Å². The van der Waals surface area contributed by atoms with Crippen LogP contribution in [0.4, 0.5) is 0 Å². The average molecular weight is 299 g/mol. The van der Waals surface area contributed by atoms with Gasteiger partial charge in [0.1, 0.15) is 12.4 Å². The molecule has 1 atom stereocenters. The van der Waals surface area contributed by atoms with Gasteiger partial charge in [-0.15, -0.1) is 0 Å². The Balaban J connectivity index is 2.40. The minimum atomic E-state index is -1.72. The summed E-state index contributed by atoms with van der Waals surface area (Å²) in [7, 11) is 0. The summed E-state index contributed by atoms with van der Waals surface area (Å²) in [5.41, 5.74) is -0.162. The predicted molar refractivity (Wildman–Crippen MR) is 65.9 cm³/mol. The molecule has 9 heteroatoms. The van der Waals surface area contributed by atoms with E-state index in [1.165, 1.54) is 12.3 Å². The van der Waals surface area contributed by atoms with Crippen LogP contribution in [0.3, 0.4) is 0 Å². The van der Waals surface area contributed by atoms with Crippen LogP contribution in [0, 0.1) is 5.92 Å². The van der Waals surface area contributed by atoms with Crippen LogP contribution in [-0.4, -0.2) is 39.8 Å². The number of ether oxygens (including phenoxy) is 1. The van der Waals surface area contributed by atoms with E-state index in [2.05, 4.69) is 0 Å². The molecule has 0 saturated carbocycles.